The quantitative estimate of drug-likeness (QED) is 0.592. The third-order valence-electron chi connectivity index (χ3n) is 4.26. The Morgan fingerprint density at radius 1 is 1.15 bits per heavy atom. The van der Waals surface area contributed by atoms with Gasteiger partial charge in [0.2, 0.25) is 10.0 Å². The maximum Gasteiger partial charge on any atom is 0.246 e. The highest BCUT2D eigenvalue weighted by atomic mass is 32.2. The van der Waals surface area contributed by atoms with Crippen LogP contribution in [0.25, 0.3) is 0 Å². The second-order valence-corrected chi connectivity index (χ2v) is 8.21. The first kappa shape index (κ1) is 19.2. The minimum atomic E-state index is -3.68. The van der Waals surface area contributed by atoms with Gasteiger partial charge in [0, 0.05) is 7.05 Å². The summed E-state index contributed by atoms with van der Waals surface area (Å²) in [7, 11) is -2.15. The van der Waals surface area contributed by atoms with Crippen molar-refractivity contribution in [1.29, 1.82) is 0 Å². The molecule has 0 aliphatic rings. The maximum atomic E-state index is 13.0. The van der Waals surface area contributed by atoms with Crippen molar-refractivity contribution in [2.75, 3.05) is 13.7 Å². The number of furan rings is 1. The van der Waals surface area contributed by atoms with Gasteiger partial charge in [-0.05, 0) is 38.1 Å². The van der Waals surface area contributed by atoms with Crippen molar-refractivity contribution in [2.45, 2.75) is 31.8 Å². The minimum Gasteiger partial charge on any atom is -0.492 e. The number of aryl methyl sites for hydroxylation is 1. The van der Waals surface area contributed by atoms with Crippen LogP contribution in [0, 0.1) is 13.8 Å². The van der Waals surface area contributed by atoms with Gasteiger partial charge in [0.1, 0.15) is 23.0 Å². The molecular formula is C19H23N3O4S. The fourth-order valence-corrected chi connectivity index (χ4v) is 4.40. The number of nitrogens with zero attached hydrogens (tertiary/aromatic N) is 3. The van der Waals surface area contributed by atoms with E-state index in [1.54, 1.807) is 30.7 Å². The van der Waals surface area contributed by atoms with Crippen molar-refractivity contribution in [1.82, 2.24) is 14.1 Å². The molecule has 0 unspecified atom stereocenters. The van der Waals surface area contributed by atoms with Gasteiger partial charge in [-0.25, -0.2) is 8.42 Å². The summed E-state index contributed by atoms with van der Waals surface area (Å²) in [6.07, 6.45) is 1.52. The molecule has 144 valence electrons. The van der Waals surface area contributed by atoms with E-state index in [-0.39, 0.29) is 11.4 Å². The summed E-state index contributed by atoms with van der Waals surface area (Å²) in [6, 6.07) is 13.0. The fraction of sp³-hybridized carbons (Fsp3) is 0.316. The Kier molecular flexibility index (Phi) is 5.67. The molecule has 3 rings (SSSR count). The topological polar surface area (TPSA) is 77.6 Å². The Morgan fingerprint density at radius 3 is 2.56 bits per heavy atom. The van der Waals surface area contributed by atoms with Crippen LogP contribution in [-0.4, -0.2) is 36.2 Å². The number of aromatic nitrogens is 2. The van der Waals surface area contributed by atoms with Gasteiger partial charge >= 0.3 is 0 Å². The summed E-state index contributed by atoms with van der Waals surface area (Å²) in [5, 5.41) is 4.39. The average Bonchev–Trinajstić information content (AvgIpc) is 3.24. The van der Waals surface area contributed by atoms with Crippen LogP contribution in [0.3, 0.4) is 0 Å². The van der Waals surface area contributed by atoms with Gasteiger partial charge < -0.3 is 9.15 Å². The van der Waals surface area contributed by atoms with E-state index in [0.29, 0.717) is 30.3 Å². The molecule has 0 atom stereocenters. The predicted octanol–water partition coefficient (Wildman–Crippen LogP) is 2.99. The number of hydrogen-bond acceptors (Lipinski definition) is 5. The second kappa shape index (κ2) is 7.98. The van der Waals surface area contributed by atoms with E-state index in [4.69, 9.17) is 9.15 Å². The van der Waals surface area contributed by atoms with Crippen LogP contribution in [-0.2, 0) is 23.1 Å². The van der Waals surface area contributed by atoms with E-state index >= 15 is 0 Å². The second-order valence-electron chi connectivity index (χ2n) is 6.23. The molecule has 0 radical (unpaired) electrons. The molecule has 0 aliphatic carbocycles. The van der Waals surface area contributed by atoms with E-state index in [1.165, 1.54) is 17.6 Å². The van der Waals surface area contributed by atoms with E-state index < -0.39 is 10.0 Å². The minimum absolute atomic E-state index is 0.163. The van der Waals surface area contributed by atoms with Crippen LogP contribution in [0.1, 0.15) is 17.1 Å². The summed E-state index contributed by atoms with van der Waals surface area (Å²) < 4.78 is 39.9. The van der Waals surface area contributed by atoms with Crippen LogP contribution in [0.15, 0.2) is 58.0 Å². The number of sulfonamides is 1. The van der Waals surface area contributed by atoms with Gasteiger partial charge in [-0.2, -0.15) is 9.40 Å². The Morgan fingerprint density at radius 2 is 1.89 bits per heavy atom. The lowest BCUT2D eigenvalue weighted by Gasteiger charge is -2.16. The number of ether oxygens (including phenoxy) is 1. The average molecular weight is 389 g/mol. The highest BCUT2D eigenvalue weighted by Gasteiger charge is 2.29. The lowest BCUT2D eigenvalue weighted by molar-refractivity contribution is 0.289. The van der Waals surface area contributed by atoms with Crippen LogP contribution in [0.4, 0.5) is 0 Å². The molecule has 0 spiro atoms. The van der Waals surface area contributed by atoms with Crippen molar-refractivity contribution < 1.29 is 17.6 Å². The van der Waals surface area contributed by atoms with E-state index in [0.717, 1.165) is 5.75 Å². The molecule has 0 saturated heterocycles. The zero-order valence-corrected chi connectivity index (χ0v) is 16.4. The highest BCUT2D eigenvalue weighted by Crippen LogP contribution is 2.24. The van der Waals surface area contributed by atoms with Gasteiger partial charge in [0.05, 0.1) is 30.7 Å². The van der Waals surface area contributed by atoms with E-state index in [1.807, 2.05) is 30.3 Å². The fourth-order valence-electron chi connectivity index (χ4n) is 2.90. The Hall–Kier alpha value is -2.58. The molecule has 2 heterocycles. The number of rotatable bonds is 8. The molecule has 1 aromatic carbocycles. The normalized spacial score (nSPS) is 11.9. The number of benzene rings is 1. The summed E-state index contributed by atoms with van der Waals surface area (Å²) in [5.74, 6) is 1.35. The maximum absolute atomic E-state index is 13.0. The number of hydrogen-bond donors (Lipinski definition) is 0. The molecule has 0 N–H and O–H groups in total. The molecule has 2 aromatic heterocycles. The molecule has 0 aliphatic heterocycles. The van der Waals surface area contributed by atoms with Crippen molar-refractivity contribution >= 4 is 10.0 Å². The summed E-state index contributed by atoms with van der Waals surface area (Å²) in [5.41, 5.74) is 1.06. The molecule has 8 heteroatoms. The molecule has 0 amide bonds. The summed E-state index contributed by atoms with van der Waals surface area (Å²) in [4.78, 5) is 0.233. The third-order valence-corrected chi connectivity index (χ3v) is 6.31. The van der Waals surface area contributed by atoms with Crippen LogP contribution >= 0.6 is 0 Å². The van der Waals surface area contributed by atoms with Crippen LogP contribution < -0.4 is 4.74 Å². The molecular weight excluding hydrogens is 366 g/mol. The SMILES string of the molecule is Cc1nn(CCOc2ccccc2)c(C)c1S(=O)(=O)N(C)Cc1ccco1. The molecule has 7 nitrogen and oxygen atoms in total. The van der Waals surface area contributed by atoms with Crippen LogP contribution in [0.5, 0.6) is 5.75 Å². The Labute approximate surface area is 159 Å². The van der Waals surface area contributed by atoms with E-state index in [2.05, 4.69) is 5.10 Å². The van der Waals surface area contributed by atoms with Crippen molar-refractivity contribution in [2.24, 2.45) is 0 Å². The Balaban J connectivity index is 1.74. The lowest BCUT2D eigenvalue weighted by Crippen LogP contribution is -2.27. The molecule has 27 heavy (non-hydrogen) atoms. The molecule has 0 saturated carbocycles. The first-order valence-corrected chi connectivity index (χ1v) is 10.0. The van der Waals surface area contributed by atoms with Gasteiger partial charge in [0.25, 0.3) is 0 Å². The lowest BCUT2D eigenvalue weighted by atomic mass is 10.3. The van der Waals surface area contributed by atoms with Gasteiger partial charge in [-0.1, -0.05) is 18.2 Å². The molecule has 3 aromatic rings. The number of para-hydroxylation sites is 1. The zero-order chi connectivity index (χ0) is 19.4. The standard InChI is InChI=1S/C19H23N3O4S/c1-15-19(27(23,24)21(3)14-18-10-7-12-25-18)16(2)22(20-15)11-13-26-17-8-5-4-6-9-17/h4-10,12H,11,13-14H2,1-3H3. The van der Waals surface area contributed by atoms with Crippen molar-refractivity contribution in [3.63, 3.8) is 0 Å². The van der Waals surface area contributed by atoms with E-state index in [9.17, 15) is 8.42 Å². The Bertz CT molecular complexity index is 980. The van der Waals surface area contributed by atoms with Gasteiger partial charge in [-0.15, -0.1) is 0 Å². The predicted molar refractivity (Wildman–Crippen MR) is 101 cm³/mol. The monoisotopic (exact) mass is 389 g/mol. The van der Waals surface area contributed by atoms with Crippen molar-refractivity contribution in [3.8, 4) is 5.75 Å². The summed E-state index contributed by atoms with van der Waals surface area (Å²) in [6.45, 7) is 4.48. The third kappa shape index (κ3) is 4.23. The van der Waals surface area contributed by atoms with Gasteiger partial charge in [-0.3, -0.25) is 4.68 Å². The van der Waals surface area contributed by atoms with Crippen LogP contribution in [0.2, 0.25) is 0 Å². The first-order chi connectivity index (χ1) is 12.9. The molecule has 0 fully saturated rings. The molecule has 0 bridgehead atoms. The zero-order valence-electron chi connectivity index (χ0n) is 15.6. The van der Waals surface area contributed by atoms with Crippen molar-refractivity contribution in [3.05, 3.63) is 65.9 Å². The smallest absolute Gasteiger partial charge is 0.246 e. The largest absolute Gasteiger partial charge is 0.492 e. The first-order valence-electron chi connectivity index (χ1n) is 8.60. The van der Waals surface area contributed by atoms with Gasteiger partial charge in [0.15, 0.2) is 0 Å². The summed E-state index contributed by atoms with van der Waals surface area (Å²) >= 11 is 0. The highest BCUT2D eigenvalue weighted by molar-refractivity contribution is 7.89.